The zero-order valence-corrected chi connectivity index (χ0v) is 15.9. The molecule has 0 bridgehead atoms. The van der Waals surface area contributed by atoms with Crippen molar-refractivity contribution in [1.29, 1.82) is 5.26 Å². The number of halogens is 1. The molecule has 0 unspecified atom stereocenters. The fourth-order valence-corrected chi connectivity index (χ4v) is 3.68. The molecule has 1 heterocycles. The Balaban J connectivity index is 1.99. The Morgan fingerprint density at radius 3 is 2.29 bits per heavy atom. The van der Waals surface area contributed by atoms with Gasteiger partial charge in [0.05, 0.1) is 27.7 Å². The third-order valence-corrected chi connectivity index (χ3v) is 5.76. The van der Waals surface area contributed by atoms with Crippen molar-refractivity contribution < 1.29 is 0 Å². The van der Waals surface area contributed by atoms with Crippen LogP contribution in [0.3, 0.4) is 0 Å². The van der Waals surface area contributed by atoms with E-state index in [1.807, 2.05) is 31.2 Å². The Morgan fingerprint density at radius 1 is 1.08 bits per heavy atom. The standard InChI is InChI=1S/C19H16BrN3S/c1-13-3-5-16(6-4-13)12-23(19-22-14(2)18(20)24-19)17-9-7-15(11-21)8-10-17/h3-10H,12H2,1-2H3. The SMILES string of the molecule is Cc1ccc(CN(c2ccc(C#N)cc2)c2nc(C)c(Br)s2)cc1. The summed E-state index contributed by atoms with van der Waals surface area (Å²) < 4.78 is 1.04. The van der Waals surface area contributed by atoms with Crippen LogP contribution in [0.25, 0.3) is 0 Å². The quantitative estimate of drug-likeness (QED) is 0.563. The van der Waals surface area contributed by atoms with Crippen molar-refractivity contribution in [1.82, 2.24) is 4.98 Å². The lowest BCUT2D eigenvalue weighted by atomic mass is 10.1. The number of anilines is 2. The van der Waals surface area contributed by atoms with Gasteiger partial charge in [-0.3, -0.25) is 0 Å². The van der Waals surface area contributed by atoms with Crippen LogP contribution < -0.4 is 4.90 Å². The number of benzene rings is 2. The highest BCUT2D eigenvalue weighted by atomic mass is 79.9. The average Bonchev–Trinajstić information content (AvgIpc) is 2.93. The summed E-state index contributed by atoms with van der Waals surface area (Å²) in [6.45, 7) is 4.81. The zero-order valence-electron chi connectivity index (χ0n) is 13.5. The molecule has 0 aliphatic rings. The number of hydrogen-bond acceptors (Lipinski definition) is 4. The molecule has 3 aromatic rings. The minimum absolute atomic E-state index is 0.658. The van der Waals surface area contributed by atoms with Crippen molar-refractivity contribution in [2.45, 2.75) is 20.4 Å². The maximum atomic E-state index is 9.00. The normalized spacial score (nSPS) is 10.4. The van der Waals surface area contributed by atoms with Gasteiger partial charge < -0.3 is 4.90 Å². The minimum atomic E-state index is 0.658. The lowest BCUT2D eigenvalue weighted by Crippen LogP contribution is -2.16. The van der Waals surface area contributed by atoms with Crippen molar-refractivity contribution in [3.63, 3.8) is 0 Å². The maximum Gasteiger partial charge on any atom is 0.191 e. The van der Waals surface area contributed by atoms with Gasteiger partial charge in [0.2, 0.25) is 0 Å². The first kappa shape index (κ1) is 16.7. The van der Waals surface area contributed by atoms with E-state index in [1.165, 1.54) is 11.1 Å². The van der Waals surface area contributed by atoms with E-state index in [0.29, 0.717) is 5.56 Å². The molecule has 0 fully saturated rings. The van der Waals surface area contributed by atoms with Crippen LogP contribution >= 0.6 is 27.3 Å². The highest BCUT2D eigenvalue weighted by Gasteiger charge is 2.16. The van der Waals surface area contributed by atoms with Crippen LogP contribution in [0.1, 0.15) is 22.4 Å². The highest BCUT2D eigenvalue weighted by molar-refractivity contribution is 9.11. The summed E-state index contributed by atoms with van der Waals surface area (Å²) in [6, 6.07) is 18.3. The van der Waals surface area contributed by atoms with Crippen LogP contribution in [0.15, 0.2) is 52.3 Å². The average molecular weight is 398 g/mol. The minimum Gasteiger partial charge on any atom is -0.313 e. The van der Waals surface area contributed by atoms with Gasteiger partial charge in [-0.15, -0.1) is 0 Å². The molecule has 3 rings (SSSR count). The van der Waals surface area contributed by atoms with Gasteiger partial charge in [0.1, 0.15) is 0 Å². The van der Waals surface area contributed by atoms with E-state index in [0.717, 1.165) is 26.8 Å². The fraction of sp³-hybridized carbons (Fsp3) is 0.158. The zero-order chi connectivity index (χ0) is 17.1. The number of rotatable bonds is 4. The Bertz CT molecular complexity index is 857. The Labute approximate surface area is 154 Å². The fourth-order valence-electron chi connectivity index (χ4n) is 2.34. The second-order valence-electron chi connectivity index (χ2n) is 5.59. The van der Waals surface area contributed by atoms with Gasteiger partial charge in [-0.25, -0.2) is 4.98 Å². The molecule has 0 saturated carbocycles. The molecule has 120 valence electrons. The van der Waals surface area contributed by atoms with Crippen LogP contribution in [0, 0.1) is 25.2 Å². The third-order valence-electron chi connectivity index (χ3n) is 3.73. The predicted molar refractivity (Wildman–Crippen MR) is 103 cm³/mol. The van der Waals surface area contributed by atoms with Crippen LogP contribution in [-0.2, 0) is 6.54 Å². The van der Waals surface area contributed by atoms with Gasteiger partial charge in [-0.2, -0.15) is 5.26 Å². The number of aromatic nitrogens is 1. The van der Waals surface area contributed by atoms with Crippen molar-refractivity contribution >= 4 is 38.1 Å². The number of nitriles is 1. The van der Waals surface area contributed by atoms with Crippen molar-refractivity contribution in [2.75, 3.05) is 4.90 Å². The second-order valence-corrected chi connectivity index (χ2v) is 7.88. The maximum absolute atomic E-state index is 9.00. The summed E-state index contributed by atoms with van der Waals surface area (Å²) in [5.41, 5.74) is 5.13. The smallest absolute Gasteiger partial charge is 0.191 e. The van der Waals surface area contributed by atoms with E-state index < -0.39 is 0 Å². The largest absolute Gasteiger partial charge is 0.313 e. The number of aryl methyl sites for hydroxylation is 2. The molecule has 0 atom stereocenters. The predicted octanol–water partition coefficient (Wildman–Crippen LogP) is 5.73. The van der Waals surface area contributed by atoms with Crippen LogP contribution in [0.5, 0.6) is 0 Å². The van der Waals surface area contributed by atoms with Gasteiger partial charge in [0, 0.05) is 5.69 Å². The second kappa shape index (κ2) is 7.16. The van der Waals surface area contributed by atoms with Crippen LogP contribution in [-0.4, -0.2) is 4.98 Å². The summed E-state index contributed by atoms with van der Waals surface area (Å²) in [4.78, 5) is 6.85. The highest BCUT2D eigenvalue weighted by Crippen LogP contribution is 2.35. The molecule has 0 aliphatic heterocycles. The molecule has 5 heteroatoms. The Kier molecular flexibility index (Phi) is 4.98. The van der Waals surface area contributed by atoms with Gasteiger partial charge in [-0.05, 0) is 59.6 Å². The Hall–Kier alpha value is -2.16. The molecule has 0 radical (unpaired) electrons. The molecule has 0 saturated heterocycles. The molecule has 24 heavy (non-hydrogen) atoms. The van der Waals surface area contributed by atoms with Crippen molar-refractivity contribution in [3.8, 4) is 6.07 Å². The first-order valence-electron chi connectivity index (χ1n) is 7.53. The topological polar surface area (TPSA) is 39.9 Å². The monoisotopic (exact) mass is 397 g/mol. The molecule has 0 spiro atoms. The molecule has 1 aromatic heterocycles. The van der Waals surface area contributed by atoms with Crippen molar-refractivity contribution in [2.24, 2.45) is 0 Å². The van der Waals surface area contributed by atoms with Gasteiger partial charge >= 0.3 is 0 Å². The van der Waals surface area contributed by atoms with E-state index in [1.54, 1.807) is 11.3 Å². The first-order valence-corrected chi connectivity index (χ1v) is 9.14. The summed E-state index contributed by atoms with van der Waals surface area (Å²) >= 11 is 5.18. The molecule has 0 N–H and O–H groups in total. The van der Waals surface area contributed by atoms with Gasteiger partial charge in [0.25, 0.3) is 0 Å². The van der Waals surface area contributed by atoms with E-state index in [9.17, 15) is 0 Å². The molecule has 0 aliphatic carbocycles. The molecular weight excluding hydrogens is 382 g/mol. The van der Waals surface area contributed by atoms with E-state index in [2.05, 4.69) is 63.1 Å². The van der Waals surface area contributed by atoms with Gasteiger partial charge in [0.15, 0.2) is 5.13 Å². The van der Waals surface area contributed by atoms with Gasteiger partial charge in [-0.1, -0.05) is 41.2 Å². The number of thiazole rings is 1. The summed E-state index contributed by atoms with van der Waals surface area (Å²) in [7, 11) is 0. The molecule has 0 amide bonds. The van der Waals surface area contributed by atoms with Crippen molar-refractivity contribution in [3.05, 3.63) is 74.7 Å². The summed E-state index contributed by atoms with van der Waals surface area (Å²) in [5.74, 6) is 0. The first-order chi connectivity index (χ1) is 11.6. The molecule has 3 nitrogen and oxygen atoms in total. The lowest BCUT2D eigenvalue weighted by Gasteiger charge is -2.22. The third kappa shape index (κ3) is 3.66. The van der Waals surface area contributed by atoms with Crippen LogP contribution in [0.2, 0.25) is 0 Å². The summed E-state index contributed by atoms with van der Waals surface area (Å²) in [6.07, 6.45) is 0. The van der Waals surface area contributed by atoms with E-state index in [-0.39, 0.29) is 0 Å². The molecule has 2 aromatic carbocycles. The lowest BCUT2D eigenvalue weighted by molar-refractivity contribution is 0.959. The van der Waals surface area contributed by atoms with Crippen LogP contribution in [0.4, 0.5) is 10.8 Å². The Morgan fingerprint density at radius 2 is 1.75 bits per heavy atom. The van der Waals surface area contributed by atoms with E-state index >= 15 is 0 Å². The number of nitrogens with zero attached hydrogens (tertiary/aromatic N) is 3. The number of hydrogen-bond donors (Lipinski definition) is 0. The summed E-state index contributed by atoms with van der Waals surface area (Å²) in [5, 5.41) is 9.94. The van der Waals surface area contributed by atoms with E-state index in [4.69, 9.17) is 5.26 Å². The molecular formula is C19H16BrN3S.